The van der Waals surface area contributed by atoms with E-state index in [1.54, 1.807) is 4.52 Å². The molecule has 1 atom stereocenters. The van der Waals surface area contributed by atoms with Crippen LogP contribution < -0.4 is 5.32 Å². The molecule has 4 nitrogen and oxygen atoms in total. The number of halogens is 1. The van der Waals surface area contributed by atoms with Gasteiger partial charge < -0.3 is 5.32 Å². The van der Waals surface area contributed by atoms with Gasteiger partial charge in [0.15, 0.2) is 5.65 Å². The third kappa shape index (κ3) is 2.19. The SMILES string of the molecule is CC(C)C(C)Nc1nc2c(Br)cccn2n1. The summed E-state index contributed by atoms with van der Waals surface area (Å²) in [5.41, 5.74) is 0.834. The van der Waals surface area contributed by atoms with Crippen molar-refractivity contribution in [3.8, 4) is 0 Å². The Morgan fingerprint density at radius 1 is 1.38 bits per heavy atom. The standard InChI is InChI=1S/C11H15BrN4/c1-7(2)8(3)13-11-14-10-9(12)5-4-6-16(10)15-11/h4-8H,1-3H3,(H,13,15). The van der Waals surface area contributed by atoms with E-state index in [9.17, 15) is 0 Å². The van der Waals surface area contributed by atoms with Crippen molar-refractivity contribution in [1.29, 1.82) is 0 Å². The lowest BCUT2D eigenvalue weighted by molar-refractivity contribution is 0.556. The first-order valence-electron chi connectivity index (χ1n) is 5.35. The van der Waals surface area contributed by atoms with E-state index in [-0.39, 0.29) is 0 Å². The highest BCUT2D eigenvalue weighted by Crippen LogP contribution is 2.17. The zero-order valence-corrected chi connectivity index (χ0v) is 11.2. The summed E-state index contributed by atoms with van der Waals surface area (Å²) in [6.45, 7) is 6.47. The number of fused-ring (bicyclic) bond motifs is 1. The summed E-state index contributed by atoms with van der Waals surface area (Å²) in [7, 11) is 0. The maximum atomic E-state index is 4.43. The van der Waals surface area contributed by atoms with Gasteiger partial charge in [-0.1, -0.05) is 13.8 Å². The van der Waals surface area contributed by atoms with Crippen molar-refractivity contribution < 1.29 is 0 Å². The molecule has 2 rings (SSSR count). The van der Waals surface area contributed by atoms with Crippen LogP contribution in [0.5, 0.6) is 0 Å². The molecule has 16 heavy (non-hydrogen) atoms. The molecule has 5 heteroatoms. The number of anilines is 1. The summed E-state index contributed by atoms with van der Waals surface area (Å²) in [4.78, 5) is 4.43. The number of nitrogens with one attached hydrogen (secondary N) is 1. The van der Waals surface area contributed by atoms with Crippen LogP contribution in [0.4, 0.5) is 5.95 Å². The average molecular weight is 283 g/mol. The van der Waals surface area contributed by atoms with Gasteiger partial charge in [0.25, 0.3) is 0 Å². The molecule has 1 N–H and O–H groups in total. The lowest BCUT2D eigenvalue weighted by atomic mass is 10.1. The molecule has 0 saturated carbocycles. The minimum Gasteiger partial charge on any atom is -0.350 e. The van der Waals surface area contributed by atoms with Crippen molar-refractivity contribution >= 4 is 27.5 Å². The molecule has 2 aromatic rings. The molecule has 86 valence electrons. The molecule has 0 aliphatic rings. The molecular weight excluding hydrogens is 268 g/mol. The van der Waals surface area contributed by atoms with Gasteiger partial charge in [0, 0.05) is 12.2 Å². The molecule has 2 heterocycles. The molecule has 0 bridgehead atoms. The smallest absolute Gasteiger partial charge is 0.243 e. The number of pyridine rings is 1. The van der Waals surface area contributed by atoms with Gasteiger partial charge >= 0.3 is 0 Å². The molecule has 0 aliphatic heterocycles. The van der Waals surface area contributed by atoms with Gasteiger partial charge in [0.1, 0.15) is 0 Å². The molecule has 0 amide bonds. The van der Waals surface area contributed by atoms with Gasteiger partial charge in [-0.2, -0.15) is 4.98 Å². The van der Waals surface area contributed by atoms with Crippen LogP contribution in [0.2, 0.25) is 0 Å². The molecule has 0 aromatic carbocycles. The minimum atomic E-state index is 0.358. The van der Waals surface area contributed by atoms with E-state index >= 15 is 0 Å². The largest absolute Gasteiger partial charge is 0.350 e. The zero-order valence-electron chi connectivity index (χ0n) is 9.61. The second-order valence-corrected chi connectivity index (χ2v) is 5.09. The minimum absolute atomic E-state index is 0.358. The highest BCUT2D eigenvalue weighted by atomic mass is 79.9. The van der Waals surface area contributed by atoms with Gasteiger partial charge in [-0.05, 0) is 40.9 Å². The monoisotopic (exact) mass is 282 g/mol. The van der Waals surface area contributed by atoms with E-state index in [1.165, 1.54) is 0 Å². The first-order valence-corrected chi connectivity index (χ1v) is 6.14. The first kappa shape index (κ1) is 11.4. The van der Waals surface area contributed by atoms with Crippen LogP contribution >= 0.6 is 15.9 Å². The molecule has 0 aliphatic carbocycles. The van der Waals surface area contributed by atoms with Gasteiger partial charge in [0.05, 0.1) is 4.47 Å². The van der Waals surface area contributed by atoms with E-state index < -0.39 is 0 Å². The summed E-state index contributed by atoms with van der Waals surface area (Å²) < 4.78 is 2.71. The number of aromatic nitrogens is 3. The predicted molar refractivity (Wildman–Crippen MR) is 68.6 cm³/mol. The normalized spacial score (nSPS) is 13.3. The van der Waals surface area contributed by atoms with Gasteiger partial charge in [-0.3, -0.25) is 0 Å². The van der Waals surface area contributed by atoms with Crippen molar-refractivity contribution in [3.63, 3.8) is 0 Å². The first-order chi connectivity index (χ1) is 7.58. The Labute approximate surface area is 103 Å². The van der Waals surface area contributed by atoms with Crippen LogP contribution in [0, 0.1) is 5.92 Å². The summed E-state index contributed by atoms with van der Waals surface area (Å²) in [6.07, 6.45) is 1.89. The third-order valence-corrected chi connectivity index (χ3v) is 3.29. The van der Waals surface area contributed by atoms with Crippen molar-refractivity contribution in [1.82, 2.24) is 14.6 Å². The summed E-state index contributed by atoms with van der Waals surface area (Å²) in [5.74, 6) is 1.23. The highest BCUT2D eigenvalue weighted by Gasteiger charge is 2.11. The number of hydrogen-bond acceptors (Lipinski definition) is 3. The Kier molecular flexibility index (Phi) is 3.14. The maximum Gasteiger partial charge on any atom is 0.243 e. The molecule has 2 aromatic heterocycles. The maximum absolute atomic E-state index is 4.43. The van der Waals surface area contributed by atoms with Crippen LogP contribution in [0.1, 0.15) is 20.8 Å². The molecule has 0 fully saturated rings. The van der Waals surface area contributed by atoms with E-state index in [2.05, 4.69) is 52.1 Å². The van der Waals surface area contributed by atoms with Crippen LogP contribution in [-0.4, -0.2) is 20.6 Å². The molecule has 0 radical (unpaired) electrons. The lowest BCUT2D eigenvalue weighted by Gasteiger charge is -2.15. The van der Waals surface area contributed by atoms with E-state index in [1.807, 2.05) is 18.3 Å². The number of rotatable bonds is 3. The van der Waals surface area contributed by atoms with Crippen LogP contribution in [0.25, 0.3) is 5.65 Å². The number of nitrogens with zero attached hydrogens (tertiary/aromatic N) is 3. The van der Waals surface area contributed by atoms with Gasteiger partial charge in [0.2, 0.25) is 5.95 Å². The lowest BCUT2D eigenvalue weighted by Crippen LogP contribution is -2.22. The van der Waals surface area contributed by atoms with Gasteiger partial charge in [-0.15, -0.1) is 5.10 Å². The summed E-state index contributed by atoms with van der Waals surface area (Å²) in [6, 6.07) is 4.25. The Balaban J connectivity index is 2.30. The van der Waals surface area contributed by atoms with Crippen molar-refractivity contribution in [2.75, 3.05) is 5.32 Å². The Morgan fingerprint density at radius 3 is 2.75 bits per heavy atom. The van der Waals surface area contributed by atoms with Crippen molar-refractivity contribution in [2.24, 2.45) is 5.92 Å². The molecule has 0 saturated heterocycles. The molecular formula is C11H15BrN4. The Morgan fingerprint density at radius 2 is 2.12 bits per heavy atom. The fourth-order valence-electron chi connectivity index (χ4n) is 1.31. The highest BCUT2D eigenvalue weighted by molar-refractivity contribution is 9.10. The van der Waals surface area contributed by atoms with Crippen molar-refractivity contribution in [3.05, 3.63) is 22.8 Å². The van der Waals surface area contributed by atoms with Crippen LogP contribution in [0.3, 0.4) is 0 Å². The number of hydrogen-bond donors (Lipinski definition) is 1. The second kappa shape index (κ2) is 4.41. The fraction of sp³-hybridized carbons (Fsp3) is 0.455. The predicted octanol–water partition coefficient (Wildman–Crippen LogP) is 2.95. The average Bonchev–Trinajstić information content (AvgIpc) is 2.61. The zero-order chi connectivity index (χ0) is 11.7. The van der Waals surface area contributed by atoms with E-state index in [0.29, 0.717) is 17.9 Å². The summed E-state index contributed by atoms with van der Waals surface area (Å²) >= 11 is 3.45. The fourth-order valence-corrected chi connectivity index (χ4v) is 1.73. The van der Waals surface area contributed by atoms with Crippen molar-refractivity contribution in [2.45, 2.75) is 26.8 Å². The van der Waals surface area contributed by atoms with Crippen LogP contribution in [0.15, 0.2) is 22.8 Å². The topological polar surface area (TPSA) is 42.2 Å². The molecule has 1 unspecified atom stereocenters. The van der Waals surface area contributed by atoms with Crippen LogP contribution in [-0.2, 0) is 0 Å². The Bertz CT molecular complexity index is 492. The summed E-state index contributed by atoms with van der Waals surface area (Å²) in [5, 5.41) is 7.65. The van der Waals surface area contributed by atoms with Gasteiger partial charge in [-0.25, -0.2) is 4.52 Å². The second-order valence-electron chi connectivity index (χ2n) is 4.24. The van der Waals surface area contributed by atoms with E-state index in [4.69, 9.17) is 0 Å². The molecule has 0 spiro atoms. The third-order valence-electron chi connectivity index (χ3n) is 2.67. The quantitative estimate of drug-likeness (QED) is 0.941. The Hall–Kier alpha value is -1.10. The van der Waals surface area contributed by atoms with E-state index in [0.717, 1.165) is 10.1 Å².